The molecule has 0 saturated carbocycles. The summed E-state index contributed by atoms with van der Waals surface area (Å²) in [7, 11) is 0. The molecule has 7 heteroatoms. The third-order valence-corrected chi connectivity index (χ3v) is 5.89. The predicted octanol–water partition coefficient (Wildman–Crippen LogP) is 4.81. The number of nitrogens with zero attached hydrogens (tertiary/aromatic N) is 2. The highest BCUT2D eigenvalue weighted by Crippen LogP contribution is 2.38. The van der Waals surface area contributed by atoms with Gasteiger partial charge in [0, 0.05) is 22.6 Å². The maximum absolute atomic E-state index is 13.1. The molecule has 0 N–H and O–H groups in total. The van der Waals surface area contributed by atoms with Gasteiger partial charge in [0.2, 0.25) is 6.79 Å². The first-order valence-electron chi connectivity index (χ1n) is 9.13. The lowest BCUT2D eigenvalue weighted by Gasteiger charge is -2.25. The zero-order valence-electron chi connectivity index (χ0n) is 14.9. The molecule has 28 heavy (non-hydrogen) atoms. The Labute approximate surface area is 170 Å². The molecule has 142 valence electrons. The summed E-state index contributed by atoms with van der Waals surface area (Å²) in [6.07, 6.45) is 1.89. The second-order valence-electron chi connectivity index (χ2n) is 6.82. The number of amides is 1. The molecule has 1 atom stereocenters. The van der Waals surface area contributed by atoms with Crippen LogP contribution >= 0.6 is 15.9 Å². The Balaban J connectivity index is 1.41. The van der Waals surface area contributed by atoms with Crippen molar-refractivity contribution in [2.75, 3.05) is 13.3 Å². The van der Waals surface area contributed by atoms with E-state index in [1.165, 1.54) is 0 Å². The van der Waals surface area contributed by atoms with Crippen LogP contribution in [-0.4, -0.2) is 29.3 Å². The second kappa shape index (κ2) is 6.98. The molecule has 6 nitrogen and oxygen atoms in total. The van der Waals surface area contributed by atoms with Gasteiger partial charge >= 0.3 is 0 Å². The van der Waals surface area contributed by atoms with Crippen molar-refractivity contribution >= 4 is 21.8 Å². The summed E-state index contributed by atoms with van der Waals surface area (Å²) < 4.78 is 17.2. The molecular formula is C21H17BrN2O4. The van der Waals surface area contributed by atoms with E-state index in [-0.39, 0.29) is 18.7 Å². The molecule has 5 rings (SSSR count). The first-order chi connectivity index (χ1) is 13.7. The molecule has 1 saturated heterocycles. The number of halogens is 1. The number of carbonyl (C=O) groups excluding carboxylic acids is 1. The third kappa shape index (κ3) is 2.96. The number of likely N-dealkylation sites (tertiary alicyclic amines) is 1. The molecule has 2 aromatic carbocycles. The minimum absolute atomic E-state index is 0.0359. The number of carbonyl (C=O) groups is 1. The highest BCUT2D eigenvalue weighted by Gasteiger charge is 2.33. The van der Waals surface area contributed by atoms with Crippen molar-refractivity contribution in [3.05, 3.63) is 64.3 Å². The van der Waals surface area contributed by atoms with Crippen molar-refractivity contribution in [3.8, 4) is 22.8 Å². The Bertz CT molecular complexity index is 1050. The van der Waals surface area contributed by atoms with Gasteiger partial charge in [0.1, 0.15) is 0 Å². The molecule has 0 bridgehead atoms. The van der Waals surface area contributed by atoms with Gasteiger partial charge < -0.3 is 18.9 Å². The molecular weight excluding hydrogens is 424 g/mol. The molecule has 2 aliphatic heterocycles. The van der Waals surface area contributed by atoms with Crippen LogP contribution in [0.15, 0.2) is 57.5 Å². The Morgan fingerprint density at radius 2 is 1.96 bits per heavy atom. The van der Waals surface area contributed by atoms with Crippen LogP contribution in [-0.2, 0) is 0 Å². The fourth-order valence-electron chi connectivity index (χ4n) is 3.79. The van der Waals surface area contributed by atoms with Gasteiger partial charge in [-0.05, 0) is 42.7 Å². The van der Waals surface area contributed by atoms with Crippen LogP contribution in [0.25, 0.3) is 11.3 Å². The molecule has 3 aromatic rings. The Kier molecular flexibility index (Phi) is 4.31. The maximum Gasteiger partial charge on any atom is 0.276 e. The summed E-state index contributed by atoms with van der Waals surface area (Å²) in [5, 5.41) is 4.03. The topological polar surface area (TPSA) is 64.8 Å². The van der Waals surface area contributed by atoms with Crippen molar-refractivity contribution < 1.29 is 18.8 Å². The van der Waals surface area contributed by atoms with Gasteiger partial charge in [0.25, 0.3) is 5.91 Å². The maximum atomic E-state index is 13.1. The number of hydrogen-bond acceptors (Lipinski definition) is 5. The van der Waals surface area contributed by atoms with Crippen LogP contribution in [0, 0.1) is 0 Å². The van der Waals surface area contributed by atoms with Gasteiger partial charge in [-0.2, -0.15) is 0 Å². The molecule has 1 fully saturated rings. The first-order valence-corrected chi connectivity index (χ1v) is 9.92. The van der Waals surface area contributed by atoms with Crippen LogP contribution in [0.2, 0.25) is 0 Å². The number of benzene rings is 2. The molecule has 0 spiro atoms. The number of fused-ring (bicyclic) bond motifs is 1. The van der Waals surface area contributed by atoms with E-state index in [1.807, 2.05) is 41.3 Å². The summed E-state index contributed by atoms with van der Waals surface area (Å²) in [5.41, 5.74) is 2.22. The zero-order chi connectivity index (χ0) is 19.1. The number of ether oxygens (including phenoxy) is 2. The molecule has 1 amide bonds. The van der Waals surface area contributed by atoms with Crippen LogP contribution in [0.5, 0.6) is 11.5 Å². The van der Waals surface area contributed by atoms with E-state index < -0.39 is 0 Å². The molecule has 1 aromatic heterocycles. The van der Waals surface area contributed by atoms with E-state index in [9.17, 15) is 4.79 Å². The molecule has 0 aliphatic carbocycles. The fraction of sp³-hybridized carbons (Fsp3) is 0.238. The summed E-state index contributed by atoms with van der Waals surface area (Å²) in [5.74, 6) is 1.77. The highest BCUT2D eigenvalue weighted by molar-refractivity contribution is 9.10. The molecule has 2 aliphatic rings. The van der Waals surface area contributed by atoms with Crippen molar-refractivity contribution in [2.45, 2.75) is 18.9 Å². The lowest BCUT2D eigenvalue weighted by molar-refractivity contribution is 0.0724. The standard InChI is InChI=1S/C21H17BrN2O4/c22-15-5-2-1-4-14(15)17-6-3-9-24(17)21(25)16-11-19(28-23-16)13-7-8-18-20(10-13)27-12-26-18/h1-2,4-5,7-8,10-11,17H,3,6,9,12H2. The van der Waals surface area contributed by atoms with Gasteiger partial charge in [0.05, 0.1) is 6.04 Å². The summed E-state index contributed by atoms with van der Waals surface area (Å²) in [4.78, 5) is 15.0. The van der Waals surface area contributed by atoms with E-state index in [1.54, 1.807) is 6.07 Å². The van der Waals surface area contributed by atoms with Crippen LogP contribution in [0.4, 0.5) is 0 Å². The SMILES string of the molecule is O=C(c1cc(-c2ccc3c(c2)OCO3)on1)N1CCCC1c1ccccc1Br. The highest BCUT2D eigenvalue weighted by atomic mass is 79.9. The van der Waals surface area contributed by atoms with E-state index in [2.05, 4.69) is 27.2 Å². The largest absolute Gasteiger partial charge is 0.454 e. The normalized spacial score (nSPS) is 17.9. The van der Waals surface area contributed by atoms with Gasteiger partial charge in [-0.25, -0.2) is 0 Å². The van der Waals surface area contributed by atoms with Crippen LogP contribution in [0.1, 0.15) is 34.9 Å². The smallest absolute Gasteiger partial charge is 0.276 e. The van der Waals surface area contributed by atoms with E-state index in [0.717, 1.165) is 28.4 Å². The van der Waals surface area contributed by atoms with E-state index in [4.69, 9.17) is 14.0 Å². The number of aromatic nitrogens is 1. The zero-order valence-corrected chi connectivity index (χ0v) is 16.5. The minimum Gasteiger partial charge on any atom is -0.454 e. The third-order valence-electron chi connectivity index (χ3n) is 5.16. The number of hydrogen-bond donors (Lipinski definition) is 0. The second-order valence-corrected chi connectivity index (χ2v) is 7.68. The lowest BCUT2D eigenvalue weighted by atomic mass is 10.0. The van der Waals surface area contributed by atoms with Gasteiger partial charge in [-0.1, -0.05) is 39.3 Å². The van der Waals surface area contributed by atoms with Gasteiger partial charge in [-0.15, -0.1) is 0 Å². The lowest BCUT2D eigenvalue weighted by Crippen LogP contribution is -2.30. The Hall–Kier alpha value is -2.80. The number of rotatable bonds is 3. The molecule has 1 unspecified atom stereocenters. The Morgan fingerprint density at radius 3 is 2.86 bits per heavy atom. The van der Waals surface area contributed by atoms with Gasteiger partial charge in [-0.3, -0.25) is 4.79 Å². The Morgan fingerprint density at radius 1 is 1.11 bits per heavy atom. The monoisotopic (exact) mass is 440 g/mol. The summed E-state index contributed by atoms with van der Waals surface area (Å²) in [6, 6.07) is 15.3. The average molecular weight is 441 g/mol. The van der Waals surface area contributed by atoms with Crippen molar-refractivity contribution in [2.24, 2.45) is 0 Å². The van der Waals surface area contributed by atoms with Crippen molar-refractivity contribution in [1.29, 1.82) is 0 Å². The average Bonchev–Trinajstić information content (AvgIpc) is 3.47. The van der Waals surface area contributed by atoms with Crippen molar-refractivity contribution in [3.63, 3.8) is 0 Å². The summed E-state index contributed by atoms with van der Waals surface area (Å²) >= 11 is 3.60. The predicted molar refractivity (Wildman–Crippen MR) is 105 cm³/mol. The first kappa shape index (κ1) is 17.3. The van der Waals surface area contributed by atoms with Gasteiger partial charge in [0.15, 0.2) is 23.0 Å². The quantitative estimate of drug-likeness (QED) is 0.584. The van der Waals surface area contributed by atoms with Crippen LogP contribution < -0.4 is 9.47 Å². The fourth-order valence-corrected chi connectivity index (χ4v) is 4.34. The van der Waals surface area contributed by atoms with E-state index >= 15 is 0 Å². The van der Waals surface area contributed by atoms with E-state index in [0.29, 0.717) is 29.5 Å². The molecule has 3 heterocycles. The summed E-state index contributed by atoms with van der Waals surface area (Å²) in [6.45, 7) is 0.918. The van der Waals surface area contributed by atoms with Crippen LogP contribution in [0.3, 0.4) is 0 Å². The molecule has 0 radical (unpaired) electrons. The minimum atomic E-state index is -0.117. The van der Waals surface area contributed by atoms with Crippen molar-refractivity contribution in [1.82, 2.24) is 10.1 Å².